The highest BCUT2D eigenvalue weighted by molar-refractivity contribution is 7.92. The molecule has 38 heavy (non-hydrogen) atoms. The highest BCUT2D eigenvalue weighted by Crippen LogP contribution is 2.23. The number of sulfonamides is 2. The minimum Gasteiger partial charge on any atom is -0.326 e. The Hall–Kier alpha value is -3.21. The lowest BCUT2D eigenvalue weighted by atomic mass is 9.99. The van der Waals surface area contributed by atoms with E-state index in [9.17, 15) is 21.6 Å². The summed E-state index contributed by atoms with van der Waals surface area (Å²) in [5.41, 5.74) is 2.96. The van der Waals surface area contributed by atoms with Crippen molar-refractivity contribution in [3.63, 3.8) is 0 Å². The molecule has 3 aromatic rings. The van der Waals surface area contributed by atoms with Gasteiger partial charge in [-0.2, -0.15) is 0 Å². The molecule has 202 valence electrons. The van der Waals surface area contributed by atoms with Crippen LogP contribution in [0.15, 0.2) is 83.8 Å². The summed E-state index contributed by atoms with van der Waals surface area (Å²) in [6.45, 7) is 2.44. The SMILES string of the molecule is Cc1cccc(NS(=O)(=O)c2ccc(NC(=O)[C@@H]3CCCN(S(=O)(=O)CCCc4ccccc4)C3)cc2)c1. The second kappa shape index (κ2) is 12.1. The van der Waals surface area contributed by atoms with Crippen LogP contribution in [0.4, 0.5) is 11.4 Å². The fraction of sp³-hybridized carbons (Fsp3) is 0.321. The topological polar surface area (TPSA) is 113 Å². The van der Waals surface area contributed by atoms with E-state index in [4.69, 9.17) is 0 Å². The van der Waals surface area contributed by atoms with Crippen molar-refractivity contribution in [1.82, 2.24) is 4.31 Å². The van der Waals surface area contributed by atoms with Gasteiger partial charge in [-0.05, 0) is 80.1 Å². The number of hydrogen-bond acceptors (Lipinski definition) is 5. The molecule has 2 N–H and O–H groups in total. The fourth-order valence-electron chi connectivity index (χ4n) is 4.53. The van der Waals surface area contributed by atoms with Gasteiger partial charge in [0.2, 0.25) is 15.9 Å². The number of amides is 1. The number of benzene rings is 3. The fourth-order valence-corrected chi connectivity index (χ4v) is 7.16. The van der Waals surface area contributed by atoms with Gasteiger partial charge in [0, 0.05) is 24.5 Å². The molecule has 4 rings (SSSR count). The Morgan fingerprint density at radius 2 is 1.66 bits per heavy atom. The van der Waals surface area contributed by atoms with Crippen LogP contribution in [0.1, 0.15) is 30.4 Å². The maximum absolute atomic E-state index is 12.9. The number of carbonyl (C=O) groups is 1. The van der Waals surface area contributed by atoms with Crippen LogP contribution in [0.5, 0.6) is 0 Å². The molecular weight excluding hydrogens is 522 g/mol. The van der Waals surface area contributed by atoms with Crippen molar-refractivity contribution in [2.75, 3.05) is 28.9 Å². The van der Waals surface area contributed by atoms with Gasteiger partial charge in [-0.15, -0.1) is 0 Å². The average Bonchev–Trinajstić information content (AvgIpc) is 2.89. The second-order valence-electron chi connectivity index (χ2n) is 9.59. The summed E-state index contributed by atoms with van der Waals surface area (Å²) in [5.74, 6) is -0.704. The zero-order chi connectivity index (χ0) is 27.2. The Morgan fingerprint density at radius 1 is 0.921 bits per heavy atom. The van der Waals surface area contributed by atoms with Crippen molar-refractivity contribution in [3.8, 4) is 0 Å². The molecule has 1 aliphatic heterocycles. The van der Waals surface area contributed by atoms with Crippen molar-refractivity contribution in [2.45, 2.75) is 37.5 Å². The van der Waals surface area contributed by atoms with Crippen LogP contribution in [-0.2, 0) is 31.3 Å². The molecule has 0 unspecified atom stereocenters. The summed E-state index contributed by atoms with van der Waals surface area (Å²) in [7, 11) is -7.24. The Labute approximate surface area is 225 Å². The van der Waals surface area contributed by atoms with Crippen molar-refractivity contribution >= 4 is 37.3 Å². The van der Waals surface area contributed by atoms with Gasteiger partial charge in [-0.3, -0.25) is 9.52 Å². The molecule has 0 spiro atoms. The van der Waals surface area contributed by atoms with Crippen LogP contribution in [0, 0.1) is 12.8 Å². The first kappa shape index (κ1) is 27.8. The molecular formula is C28H33N3O5S2. The van der Waals surface area contributed by atoms with E-state index in [0.717, 1.165) is 11.1 Å². The second-order valence-corrected chi connectivity index (χ2v) is 13.4. The lowest BCUT2D eigenvalue weighted by Crippen LogP contribution is -2.44. The zero-order valence-corrected chi connectivity index (χ0v) is 23.0. The summed E-state index contributed by atoms with van der Waals surface area (Å²) >= 11 is 0. The predicted octanol–water partition coefficient (Wildman–Crippen LogP) is 4.41. The first-order chi connectivity index (χ1) is 18.1. The third-order valence-electron chi connectivity index (χ3n) is 6.56. The number of aryl methyl sites for hydroxylation is 2. The highest BCUT2D eigenvalue weighted by Gasteiger charge is 2.32. The van der Waals surface area contributed by atoms with Crippen molar-refractivity contribution in [3.05, 3.63) is 90.0 Å². The Kier molecular flexibility index (Phi) is 8.86. The molecule has 0 bridgehead atoms. The molecule has 0 saturated carbocycles. The molecule has 8 nitrogen and oxygen atoms in total. The molecule has 0 aromatic heterocycles. The van der Waals surface area contributed by atoms with E-state index in [1.54, 1.807) is 18.2 Å². The van der Waals surface area contributed by atoms with Crippen LogP contribution in [-0.4, -0.2) is 45.9 Å². The molecule has 1 heterocycles. The quantitative estimate of drug-likeness (QED) is 0.385. The van der Waals surface area contributed by atoms with E-state index in [1.165, 1.54) is 28.6 Å². The van der Waals surface area contributed by atoms with E-state index in [2.05, 4.69) is 10.0 Å². The summed E-state index contributed by atoms with van der Waals surface area (Å²) < 4.78 is 55.2. The molecule has 1 amide bonds. The predicted molar refractivity (Wildman–Crippen MR) is 150 cm³/mol. The monoisotopic (exact) mass is 555 g/mol. The van der Waals surface area contributed by atoms with Crippen LogP contribution in [0.25, 0.3) is 0 Å². The highest BCUT2D eigenvalue weighted by atomic mass is 32.2. The lowest BCUT2D eigenvalue weighted by Gasteiger charge is -2.31. The van der Waals surface area contributed by atoms with Crippen molar-refractivity contribution in [1.29, 1.82) is 0 Å². The largest absolute Gasteiger partial charge is 0.326 e. The van der Waals surface area contributed by atoms with Gasteiger partial charge >= 0.3 is 0 Å². The van der Waals surface area contributed by atoms with Crippen LogP contribution >= 0.6 is 0 Å². The van der Waals surface area contributed by atoms with E-state index in [0.29, 0.717) is 43.6 Å². The molecule has 10 heteroatoms. The van der Waals surface area contributed by atoms with Crippen LogP contribution in [0.3, 0.4) is 0 Å². The molecule has 0 radical (unpaired) electrons. The van der Waals surface area contributed by atoms with E-state index >= 15 is 0 Å². The van der Waals surface area contributed by atoms with E-state index in [1.807, 2.05) is 43.3 Å². The van der Waals surface area contributed by atoms with Crippen LogP contribution < -0.4 is 10.0 Å². The van der Waals surface area contributed by atoms with E-state index < -0.39 is 26.0 Å². The maximum Gasteiger partial charge on any atom is 0.261 e. The first-order valence-corrected chi connectivity index (χ1v) is 15.7. The summed E-state index contributed by atoms with van der Waals surface area (Å²) in [6.07, 6.45) is 2.41. The number of nitrogens with zero attached hydrogens (tertiary/aromatic N) is 1. The van der Waals surface area contributed by atoms with Gasteiger partial charge in [0.1, 0.15) is 0 Å². The van der Waals surface area contributed by atoms with Gasteiger partial charge in [0.15, 0.2) is 0 Å². The minimum atomic E-state index is -3.78. The molecule has 1 fully saturated rings. The minimum absolute atomic E-state index is 0.0444. The third-order valence-corrected chi connectivity index (χ3v) is 9.88. The molecule has 1 atom stereocenters. The smallest absolute Gasteiger partial charge is 0.261 e. The number of rotatable bonds is 10. The van der Waals surface area contributed by atoms with Crippen LogP contribution in [0.2, 0.25) is 0 Å². The van der Waals surface area contributed by atoms with Gasteiger partial charge in [-0.1, -0.05) is 42.5 Å². The zero-order valence-electron chi connectivity index (χ0n) is 21.3. The maximum atomic E-state index is 12.9. The summed E-state index contributed by atoms with van der Waals surface area (Å²) in [4.78, 5) is 13.0. The van der Waals surface area contributed by atoms with Gasteiger partial charge in [0.05, 0.1) is 16.6 Å². The first-order valence-electron chi connectivity index (χ1n) is 12.6. The van der Waals surface area contributed by atoms with Gasteiger partial charge in [-0.25, -0.2) is 21.1 Å². The van der Waals surface area contributed by atoms with Crippen molar-refractivity contribution in [2.24, 2.45) is 5.92 Å². The summed E-state index contributed by atoms with van der Waals surface area (Å²) in [5, 5.41) is 2.81. The number of hydrogen-bond donors (Lipinski definition) is 2. The molecule has 1 aliphatic rings. The average molecular weight is 556 g/mol. The molecule has 3 aromatic carbocycles. The lowest BCUT2D eigenvalue weighted by molar-refractivity contribution is -0.120. The van der Waals surface area contributed by atoms with E-state index in [-0.39, 0.29) is 23.1 Å². The number of anilines is 2. The Bertz CT molecular complexity index is 1460. The number of piperidine rings is 1. The Morgan fingerprint density at radius 3 is 2.37 bits per heavy atom. The molecule has 0 aliphatic carbocycles. The normalized spacial score (nSPS) is 16.6. The third kappa shape index (κ3) is 7.43. The van der Waals surface area contributed by atoms with Crippen molar-refractivity contribution < 1.29 is 21.6 Å². The standard InChI is InChI=1S/C28H33N3O5S2/c1-22-8-5-13-26(20-22)30-38(35,36)27-16-14-25(15-17-27)29-28(32)24-12-6-18-31(21-24)37(33,34)19-7-11-23-9-3-2-4-10-23/h2-5,8-10,13-17,20,24,30H,6-7,11-12,18-19,21H2,1H3,(H,29,32)/t24-/m1/s1. The van der Waals surface area contributed by atoms with Gasteiger partial charge in [0.25, 0.3) is 10.0 Å². The Balaban J connectivity index is 1.32. The number of nitrogens with one attached hydrogen (secondary N) is 2. The summed E-state index contributed by atoms with van der Waals surface area (Å²) in [6, 6.07) is 22.8. The number of carbonyl (C=O) groups excluding carboxylic acids is 1. The van der Waals surface area contributed by atoms with Gasteiger partial charge < -0.3 is 5.32 Å². The molecule has 1 saturated heterocycles.